The van der Waals surface area contributed by atoms with Crippen LogP contribution in [0.15, 0.2) is 47.5 Å². The van der Waals surface area contributed by atoms with Gasteiger partial charge in [-0.05, 0) is 37.1 Å². The Morgan fingerprint density at radius 2 is 1.87 bits per heavy atom. The summed E-state index contributed by atoms with van der Waals surface area (Å²) in [5.41, 5.74) is 3.78. The third-order valence-corrected chi connectivity index (χ3v) is 5.87. The van der Waals surface area contributed by atoms with E-state index in [0.29, 0.717) is 17.6 Å². The molecule has 5 rings (SSSR count). The fourth-order valence-corrected chi connectivity index (χ4v) is 4.24. The van der Waals surface area contributed by atoms with Crippen molar-refractivity contribution in [3.05, 3.63) is 64.6 Å². The molecule has 7 nitrogen and oxygen atoms in total. The number of ether oxygens (including phenoxy) is 1. The molecule has 0 unspecified atom stereocenters. The first-order chi connectivity index (χ1) is 15.1. The quantitative estimate of drug-likeness (QED) is 0.496. The molecule has 0 aliphatic carbocycles. The second-order valence-corrected chi connectivity index (χ2v) is 7.88. The van der Waals surface area contributed by atoms with Crippen LogP contribution in [0.2, 0.25) is 0 Å². The zero-order valence-electron chi connectivity index (χ0n) is 17.4. The Morgan fingerprint density at radius 1 is 1.10 bits per heavy atom. The summed E-state index contributed by atoms with van der Waals surface area (Å²) in [6.45, 7) is 6.95. The highest BCUT2D eigenvalue weighted by Gasteiger charge is 2.16. The van der Waals surface area contributed by atoms with Crippen LogP contribution < -0.4 is 5.56 Å². The van der Waals surface area contributed by atoms with Crippen molar-refractivity contribution in [1.82, 2.24) is 24.1 Å². The summed E-state index contributed by atoms with van der Waals surface area (Å²) in [6.07, 6.45) is 4.36. The second kappa shape index (κ2) is 8.20. The van der Waals surface area contributed by atoms with E-state index in [9.17, 15) is 9.18 Å². The molecule has 0 amide bonds. The molecule has 8 heteroatoms. The monoisotopic (exact) mass is 421 g/mol. The summed E-state index contributed by atoms with van der Waals surface area (Å²) in [7, 11) is 0. The average Bonchev–Trinajstić information content (AvgIpc) is 3.13. The molecule has 1 aromatic carbocycles. The van der Waals surface area contributed by atoms with Gasteiger partial charge in [0.1, 0.15) is 5.82 Å². The van der Waals surface area contributed by atoms with Gasteiger partial charge in [-0.3, -0.25) is 9.69 Å². The summed E-state index contributed by atoms with van der Waals surface area (Å²) in [5, 5.41) is 5.16. The van der Waals surface area contributed by atoms with E-state index in [1.165, 1.54) is 12.1 Å². The molecule has 0 atom stereocenters. The molecule has 160 valence electrons. The lowest BCUT2D eigenvalue weighted by Gasteiger charge is -2.26. The average molecular weight is 421 g/mol. The normalized spacial score (nSPS) is 15.2. The first kappa shape index (κ1) is 19.8. The third kappa shape index (κ3) is 3.73. The molecule has 4 heterocycles. The number of hydrogen-bond acceptors (Lipinski definition) is 5. The van der Waals surface area contributed by atoms with E-state index < -0.39 is 0 Å². The van der Waals surface area contributed by atoms with Crippen molar-refractivity contribution in [1.29, 1.82) is 0 Å². The Kier molecular flexibility index (Phi) is 5.25. The molecule has 0 N–H and O–H groups in total. The van der Waals surface area contributed by atoms with Gasteiger partial charge in [0, 0.05) is 44.1 Å². The van der Waals surface area contributed by atoms with Gasteiger partial charge in [-0.15, -0.1) is 0 Å². The third-order valence-electron chi connectivity index (χ3n) is 5.87. The number of morpholine rings is 1. The largest absolute Gasteiger partial charge is 0.379 e. The van der Waals surface area contributed by atoms with E-state index in [0.717, 1.165) is 61.6 Å². The van der Waals surface area contributed by atoms with Gasteiger partial charge in [0.2, 0.25) is 0 Å². The lowest BCUT2D eigenvalue weighted by atomic mass is 10.1. The van der Waals surface area contributed by atoms with Crippen LogP contribution in [0.3, 0.4) is 0 Å². The van der Waals surface area contributed by atoms with Crippen LogP contribution in [0.1, 0.15) is 12.1 Å². The second-order valence-electron chi connectivity index (χ2n) is 7.88. The summed E-state index contributed by atoms with van der Waals surface area (Å²) < 4.78 is 22.2. The van der Waals surface area contributed by atoms with Crippen molar-refractivity contribution in [3.63, 3.8) is 0 Å². The summed E-state index contributed by atoms with van der Waals surface area (Å²) >= 11 is 0. The van der Waals surface area contributed by atoms with Gasteiger partial charge in [-0.1, -0.05) is 12.1 Å². The van der Waals surface area contributed by atoms with Gasteiger partial charge >= 0.3 is 0 Å². The van der Waals surface area contributed by atoms with Gasteiger partial charge in [-0.2, -0.15) is 5.10 Å². The maximum Gasteiger partial charge on any atom is 0.261 e. The van der Waals surface area contributed by atoms with Gasteiger partial charge in [0.05, 0.1) is 29.8 Å². The Hall–Kier alpha value is -3.10. The Morgan fingerprint density at radius 3 is 2.65 bits per heavy atom. The van der Waals surface area contributed by atoms with Crippen molar-refractivity contribution in [3.8, 4) is 11.1 Å². The van der Waals surface area contributed by atoms with E-state index in [4.69, 9.17) is 4.74 Å². The van der Waals surface area contributed by atoms with Crippen molar-refractivity contribution in [2.45, 2.75) is 19.9 Å². The van der Waals surface area contributed by atoms with Gasteiger partial charge in [0.15, 0.2) is 5.65 Å². The SMILES string of the molecule is Cc1nn2c(ncc3c(=O)n(CCCN4CCOCC4)ccc32)c1-c1ccc(F)cc1. The number of hydrogen-bond donors (Lipinski definition) is 0. The first-order valence-corrected chi connectivity index (χ1v) is 10.6. The van der Waals surface area contributed by atoms with Crippen molar-refractivity contribution in [2.75, 3.05) is 32.8 Å². The highest BCUT2D eigenvalue weighted by atomic mass is 19.1. The number of aromatic nitrogens is 4. The minimum Gasteiger partial charge on any atom is -0.379 e. The smallest absolute Gasteiger partial charge is 0.261 e. The molecular formula is C23H24FN5O2. The molecule has 1 fully saturated rings. The highest BCUT2D eigenvalue weighted by Crippen LogP contribution is 2.28. The molecule has 1 saturated heterocycles. The number of benzene rings is 1. The van der Waals surface area contributed by atoms with E-state index in [2.05, 4.69) is 15.0 Å². The van der Waals surface area contributed by atoms with E-state index in [1.54, 1.807) is 27.4 Å². The predicted octanol–water partition coefficient (Wildman–Crippen LogP) is 2.88. The van der Waals surface area contributed by atoms with Crippen molar-refractivity contribution >= 4 is 16.6 Å². The van der Waals surface area contributed by atoms with Crippen LogP contribution in [0.5, 0.6) is 0 Å². The number of fused-ring (bicyclic) bond motifs is 3. The number of aryl methyl sites for hydroxylation is 2. The highest BCUT2D eigenvalue weighted by molar-refractivity contribution is 5.86. The summed E-state index contributed by atoms with van der Waals surface area (Å²) in [5.74, 6) is -0.287. The Balaban J connectivity index is 1.47. The Labute approximate surface area is 178 Å². The molecule has 3 aromatic heterocycles. The van der Waals surface area contributed by atoms with Crippen LogP contribution >= 0.6 is 0 Å². The number of rotatable bonds is 5. The number of halogens is 1. The lowest BCUT2D eigenvalue weighted by molar-refractivity contribution is 0.0369. The molecule has 1 aliphatic rings. The molecule has 0 spiro atoms. The predicted molar refractivity (Wildman–Crippen MR) is 117 cm³/mol. The van der Waals surface area contributed by atoms with Crippen molar-refractivity contribution < 1.29 is 9.13 Å². The fourth-order valence-electron chi connectivity index (χ4n) is 4.24. The molecule has 4 aromatic rings. The van der Waals surface area contributed by atoms with Crippen LogP contribution in [0.25, 0.3) is 27.7 Å². The summed E-state index contributed by atoms with van der Waals surface area (Å²) in [6, 6.07) is 8.21. The van der Waals surface area contributed by atoms with E-state index in [-0.39, 0.29) is 11.4 Å². The molecule has 0 saturated carbocycles. The van der Waals surface area contributed by atoms with Gasteiger partial charge in [-0.25, -0.2) is 13.9 Å². The summed E-state index contributed by atoms with van der Waals surface area (Å²) in [4.78, 5) is 20.0. The number of pyridine rings is 1. The zero-order valence-corrected chi connectivity index (χ0v) is 17.4. The van der Waals surface area contributed by atoms with Crippen molar-refractivity contribution in [2.24, 2.45) is 0 Å². The minimum atomic E-state index is -0.287. The molecule has 31 heavy (non-hydrogen) atoms. The Bertz CT molecular complexity index is 1290. The van der Waals surface area contributed by atoms with Crippen LogP contribution in [0, 0.1) is 12.7 Å². The van der Waals surface area contributed by atoms with Crippen LogP contribution in [-0.2, 0) is 11.3 Å². The molecular weight excluding hydrogens is 397 g/mol. The van der Waals surface area contributed by atoms with Gasteiger partial charge < -0.3 is 9.30 Å². The topological polar surface area (TPSA) is 64.7 Å². The van der Waals surface area contributed by atoms with Gasteiger partial charge in [0.25, 0.3) is 5.56 Å². The minimum absolute atomic E-state index is 0.0645. The van der Waals surface area contributed by atoms with Crippen LogP contribution in [0.4, 0.5) is 4.39 Å². The molecule has 1 aliphatic heterocycles. The lowest BCUT2D eigenvalue weighted by Crippen LogP contribution is -2.37. The molecule has 0 radical (unpaired) electrons. The molecule has 0 bridgehead atoms. The van der Waals surface area contributed by atoms with E-state index >= 15 is 0 Å². The fraction of sp³-hybridized carbons (Fsp3) is 0.348. The number of nitrogens with zero attached hydrogens (tertiary/aromatic N) is 5. The zero-order chi connectivity index (χ0) is 21.4. The first-order valence-electron chi connectivity index (χ1n) is 10.6. The van der Waals surface area contributed by atoms with Crippen LogP contribution in [-0.4, -0.2) is 56.9 Å². The standard InChI is InChI=1S/C23H24FN5O2/c1-16-21(17-3-5-18(24)6-4-17)22-25-15-19-20(29(22)26-16)7-10-28(23(19)30)9-2-8-27-11-13-31-14-12-27/h3-7,10,15H,2,8-9,11-14H2,1H3. The van der Waals surface area contributed by atoms with E-state index in [1.807, 2.05) is 19.2 Å². The maximum atomic E-state index is 13.3. The maximum absolute atomic E-state index is 13.3.